The quantitative estimate of drug-likeness (QED) is 0.0961. The van der Waals surface area contributed by atoms with Crippen molar-refractivity contribution in [3.63, 3.8) is 0 Å². The van der Waals surface area contributed by atoms with Gasteiger partial charge in [0.05, 0.1) is 13.2 Å². The number of hydrogen-bond donors (Lipinski definition) is 4. The van der Waals surface area contributed by atoms with E-state index in [2.05, 4.69) is 73.0 Å². The Morgan fingerprint density at radius 2 is 1.47 bits per heavy atom. The van der Waals surface area contributed by atoms with Gasteiger partial charge in [0.15, 0.2) is 0 Å². The van der Waals surface area contributed by atoms with Crippen LogP contribution in [-0.2, 0) is 14.3 Å². The maximum atomic E-state index is 13.3. The molecule has 11 heteroatoms. The highest BCUT2D eigenvalue weighted by Crippen LogP contribution is 2.35. The highest BCUT2D eigenvalue weighted by molar-refractivity contribution is 7.99. The Kier molecular flexibility index (Phi) is 14.1. The minimum Gasteiger partial charge on any atom is -0.411 e. The molecule has 0 aliphatic carbocycles. The van der Waals surface area contributed by atoms with Crippen LogP contribution >= 0.6 is 24.6 Å². The molecule has 2 rings (SSSR count). The summed E-state index contributed by atoms with van der Waals surface area (Å²) in [6, 6.07) is 7.32. The second-order valence-corrected chi connectivity index (χ2v) is 15.5. The number of rotatable bonds is 19. The van der Waals surface area contributed by atoms with E-state index in [4.69, 9.17) is 9.15 Å². The number of aromatic nitrogens is 2. The van der Waals surface area contributed by atoms with E-state index in [0.717, 1.165) is 37.1 Å². The van der Waals surface area contributed by atoms with Crippen molar-refractivity contribution in [1.29, 1.82) is 0 Å². The molecule has 0 atom stereocenters. The SMILES string of the molecule is CCCSc1nnc(-c2ccc(NC(=O)C(C)(C)CC(C)(C)C(=O)NCCC(C)(C)COCC(C)(C)CCNS)cc2)o1. The number of carbonyl (C=O) groups excluding carboxylic acids is 2. The molecule has 1 aromatic carbocycles. The van der Waals surface area contributed by atoms with E-state index >= 15 is 0 Å². The third kappa shape index (κ3) is 12.8. The zero-order chi connectivity index (χ0) is 32.3. The van der Waals surface area contributed by atoms with Crippen molar-refractivity contribution in [2.24, 2.45) is 21.7 Å². The van der Waals surface area contributed by atoms with E-state index < -0.39 is 10.8 Å². The summed E-state index contributed by atoms with van der Waals surface area (Å²) in [6.07, 6.45) is 3.18. The molecule has 0 radical (unpaired) electrons. The molecular weight excluding hydrogens is 583 g/mol. The summed E-state index contributed by atoms with van der Waals surface area (Å²) >= 11 is 5.60. The Labute approximate surface area is 268 Å². The third-order valence-electron chi connectivity index (χ3n) is 7.33. The van der Waals surface area contributed by atoms with Crippen LogP contribution in [0.25, 0.3) is 11.5 Å². The summed E-state index contributed by atoms with van der Waals surface area (Å²) in [7, 11) is 0. The topological polar surface area (TPSA) is 118 Å². The minimum atomic E-state index is -0.778. The fraction of sp³-hybridized carbons (Fsp3) is 0.688. The van der Waals surface area contributed by atoms with Gasteiger partial charge in [0.25, 0.3) is 5.22 Å². The number of hydrogen-bond acceptors (Lipinski definition) is 9. The van der Waals surface area contributed by atoms with Gasteiger partial charge in [-0.15, -0.1) is 10.2 Å². The highest BCUT2D eigenvalue weighted by Gasteiger charge is 2.39. The largest absolute Gasteiger partial charge is 0.411 e. The number of amides is 2. The van der Waals surface area contributed by atoms with Crippen LogP contribution < -0.4 is 15.4 Å². The van der Waals surface area contributed by atoms with Gasteiger partial charge in [-0.3, -0.25) is 14.3 Å². The first-order chi connectivity index (χ1) is 20.0. The van der Waals surface area contributed by atoms with Crippen LogP contribution in [-0.4, -0.2) is 54.1 Å². The highest BCUT2D eigenvalue weighted by atomic mass is 32.2. The Hall–Kier alpha value is -2.08. The van der Waals surface area contributed by atoms with Crippen molar-refractivity contribution < 1.29 is 18.7 Å². The average Bonchev–Trinajstić information content (AvgIpc) is 3.39. The molecule has 0 saturated carbocycles. The predicted octanol–water partition coefficient (Wildman–Crippen LogP) is 7.02. The Morgan fingerprint density at radius 1 is 0.884 bits per heavy atom. The zero-order valence-electron chi connectivity index (χ0n) is 27.6. The van der Waals surface area contributed by atoms with E-state index in [1.807, 2.05) is 52.0 Å². The number of anilines is 1. The van der Waals surface area contributed by atoms with Gasteiger partial charge in [0.2, 0.25) is 17.7 Å². The van der Waals surface area contributed by atoms with E-state index in [-0.39, 0.29) is 22.6 Å². The summed E-state index contributed by atoms with van der Waals surface area (Å²) in [5, 5.41) is 14.8. The molecule has 43 heavy (non-hydrogen) atoms. The van der Waals surface area contributed by atoms with Gasteiger partial charge in [-0.1, -0.05) is 86.9 Å². The first kappa shape index (κ1) is 37.1. The summed E-state index contributed by atoms with van der Waals surface area (Å²) in [5.41, 5.74) is -0.0772. The van der Waals surface area contributed by atoms with Crippen LogP contribution in [0.3, 0.4) is 0 Å². The van der Waals surface area contributed by atoms with E-state index in [0.29, 0.717) is 43.0 Å². The fourth-order valence-corrected chi connectivity index (χ4v) is 5.46. The van der Waals surface area contributed by atoms with Gasteiger partial charge in [-0.25, -0.2) is 0 Å². The van der Waals surface area contributed by atoms with Crippen molar-refractivity contribution in [2.75, 3.05) is 37.4 Å². The van der Waals surface area contributed by atoms with Gasteiger partial charge in [0.1, 0.15) is 0 Å². The van der Waals surface area contributed by atoms with Gasteiger partial charge >= 0.3 is 0 Å². The lowest BCUT2D eigenvalue weighted by Gasteiger charge is -2.33. The lowest BCUT2D eigenvalue weighted by Crippen LogP contribution is -2.44. The maximum absolute atomic E-state index is 13.3. The van der Waals surface area contributed by atoms with Crippen LogP contribution in [0, 0.1) is 21.7 Å². The van der Waals surface area contributed by atoms with Crippen molar-refractivity contribution in [3.05, 3.63) is 24.3 Å². The molecule has 0 aliphatic rings. The molecule has 0 unspecified atom stereocenters. The average molecular weight is 636 g/mol. The van der Waals surface area contributed by atoms with Crippen molar-refractivity contribution in [1.82, 2.24) is 20.2 Å². The lowest BCUT2D eigenvalue weighted by atomic mass is 9.74. The zero-order valence-corrected chi connectivity index (χ0v) is 29.3. The summed E-state index contributed by atoms with van der Waals surface area (Å²) < 4.78 is 14.7. The number of thiol groups is 1. The molecule has 1 aromatic heterocycles. The molecule has 0 bridgehead atoms. The van der Waals surface area contributed by atoms with Crippen LogP contribution in [0.2, 0.25) is 0 Å². The normalized spacial score (nSPS) is 12.8. The first-order valence-corrected chi connectivity index (χ1v) is 16.5. The molecule has 2 amide bonds. The molecular formula is C32H53N5O4S2. The van der Waals surface area contributed by atoms with Crippen LogP contribution in [0.1, 0.15) is 88.0 Å². The van der Waals surface area contributed by atoms with Gasteiger partial charge in [0, 0.05) is 40.9 Å². The monoisotopic (exact) mass is 635 g/mol. The van der Waals surface area contributed by atoms with Crippen molar-refractivity contribution in [2.45, 2.75) is 93.2 Å². The molecule has 0 fully saturated rings. The molecule has 242 valence electrons. The predicted molar refractivity (Wildman–Crippen MR) is 179 cm³/mol. The van der Waals surface area contributed by atoms with E-state index in [9.17, 15) is 9.59 Å². The molecule has 0 spiro atoms. The fourth-order valence-electron chi connectivity index (χ4n) is 4.73. The smallest absolute Gasteiger partial charge is 0.276 e. The molecule has 3 N–H and O–H groups in total. The number of benzene rings is 1. The Morgan fingerprint density at radius 3 is 2.05 bits per heavy atom. The Bertz CT molecular complexity index is 1160. The summed E-state index contributed by atoms with van der Waals surface area (Å²) in [5.74, 6) is 1.15. The minimum absolute atomic E-state index is 0.0640. The Balaban J connectivity index is 1.85. The summed E-state index contributed by atoms with van der Waals surface area (Å²) in [4.78, 5) is 26.4. The van der Waals surface area contributed by atoms with Gasteiger partial charge < -0.3 is 19.8 Å². The molecule has 0 aliphatic heterocycles. The number of carbonyl (C=O) groups is 2. The third-order valence-corrected chi connectivity index (χ3v) is 8.57. The van der Waals surface area contributed by atoms with Crippen LogP contribution in [0.4, 0.5) is 5.69 Å². The van der Waals surface area contributed by atoms with Crippen molar-refractivity contribution in [3.8, 4) is 11.5 Å². The van der Waals surface area contributed by atoms with Crippen LogP contribution in [0.5, 0.6) is 0 Å². The van der Waals surface area contributed by atoms with Crippen LogP contribution in [0.15, 0.2) is 33.9 Å². The van der Waals surface area contributed by atoms with E-state index in [1.165, 1.54) is 11.8 Å². The lowest BCUT2D eigenvalue weighted by molar-refractivity contribution is -0.133. The first-order valence-electron chi connectivity index (χ1n) is 15.1. The second-order valence-electron chi connectivity index (χ2n) is 14.2. The second kappa shape index (κ2) is 16.3. The summed E-state index contributed by atoms with van der Waals surface area (Å²) in [6.45, 7) is 21.0. The molecule has 9 nitrogen and oxygen atoms in total. The number of nitrogens with zero attached hydrogens (tertiary/aromatic N) is 2. The maximum Gasteiger partial charge on any atom is 0.276 e. The molecule has 1 heterocycles. The number of nitrogens with one attached hydrogen (secondary N) is 3. The standard InChI is InChI=1S/C32H53N5O4S2/c1-10-19-43-28-37-36-25(41-28)23-11-13-24(14-12-23)35-27(39)32(8,9)20-31(6,7)26(38)33-17-15-29(2,3)21-40-22-30(4,5)16-18-34-42/h11-14,34,42H,10,15-22H2,1-9H3,(H,33,38)(H,35,39). The van der Waals surface area contributed by atoms with E-state index in [1.54, 1.807) is 0 Å². The van der Waals surface area contributed by atoms with Crippen molar-refractivity contribution >= 4 is 42.1 Å². The molecule has 0 saturated heterocycles. The van der Waals surface area contributed by atoms with Gasteiger partial charge in [-0.05, 0) is 60.8 Å². The number of ether oxygens (including phenoxy) is 1. The number of thioether (sulfide) groups is 1. The molecule has 2 aromatic rings. The van der Waals surface area contributed by atoms with Gasteiger partial charge in [-0.2, -0.15) is 0 Å².